The molecular formula is C18H23NO4. The molecular weight excluding hydrogens is 294 g/mol. The maximum Gasteiger partial charge on any atom is 0.161 e. The number of hydrogen-bond acceptors (Lipinski definition) is 5. The maximum atomic E-state index is 6.34. The predicted molar refractivity (Wildman–Crippen MR) is 89.7 cm³/mol. The molecule has 23 heavy (non-hydrogen) atoms. The summed E-state index contributed by atoms with van der Waals surface area (Å²) in [7, 11) is 6.46. The Balaban J connectivity index is 2.20. The fourth-order valence-electron chi connectivity index (χ4n) is 2.46. The smallest absolute Gasteiger partial charge is 0.161 e. The lowest BCUT2D eigenvalue weighted by molar-refractivity contribution is 0.354. The fourth-order valence-corrected chi connectivity index (χ4v) is 2.46. The molecule has 2 aromatic rings. The lowest BCUT2D eigenvalue weighted by Crippen LogP contribution is -2.13. The molecule has 0 spiro atoms. The van der Waals surface area contributed by atoms with E-state index in [1.54, 1.807) is 28.4 Å². The van der Waals surface area contributed by atoms with Crippen molar-refractivity contribution in [2.75, 3.05) is 28.4 Å². The molecule has 1 unspecified atom stereocenters. The van der Waals surface area contributed by atoms with Crippen molar-refractivity contribution < 1.29 is 18.9 Å². The molecule has 0 heterocycles. The molecule has 5 nitrogen and oxygen atoms in total. The zero-order chi connectivity index (χ0) is 16.8. The van der Waals surface area contributed by atoms with Crippen molar-refractivity contribution in [1.82, 2.24) is 0 Å². The lowest BCUT2D eigenvalue weighted by atomic mass is 9.99. The van der Waals surface area contributed by atoms with E-state index in [2.05, 4.69) is 0 Å². The second-order valence-corrected chi connectivity index (χ2v) is 5.11. The quantitative estimate of drug-likeness (QED) is 0.850. The summed E-state index contributed by atoms with van der Waals surface area (Å²) in [6, 6.07) is 11.4. The molecule has 5 heteroatoms. The summed E-state index contributed by atoms with van der Waals surface area (Å²) in [6.45, 7) is 0. The minimum atomic E-state index is -0.159. The van der Waals surface area contributed by atoms with E-state index < -0.39 is 0 Å². The van der Waals surface area contributed by atoms with E-state index in [4.69, 9.17) is 24.7 Å². The van der Waals surface area contributed by atoms with Gasteiger partial charge in [-0.1, -0.05) is 12.1 Å². The van der Waals surface area contributed by atoms with Crippen molar-refractivity contribution in [2.45, 2.75) is 12.5 Å². The molecule has 2 rings (SSSR count). The first kappa shape index (κ1) is 17.0. The van der Waals surface area contributed by atoms with E-state index in [0.29, 0.717) is 29.4 Å². The van der Waals surface area contributed by atoms with Crippen LogP contribution in [-0.4, -0.2) is 28.4 Å². The SMILES string of the molecule is COc1ccc(CC(N)c2ccc(OC)c(OC)c2)cc1OC. The van der Waals surface area contributed by atoms with E-state index in [1.165, 1.54) is 0 Å². The Morgan fingerprint density at radius 2 is 1.26 bits per heavy atom. The molecule has 0 aliphatic carbocycles. The Morgan fingerprint density at radius 1 is 0.739 bits per heavy atom. The van der Waals surface area contributed by atoms with Gasteiger partial charge in [0.15, 0.2) is 23.0 Å². The number of benzene rings is 2. The third-order valence-electron chi connectivity index (χ3n) is 3.74. The maximum absolute atomic E-state index is 6.34. The Bertz CT molecular complexity index is 657. The normalized spacial score (nSPS) is 11.7. The molecule has 2 aromatic carbocycles. The minimum Gasteiger partial charge on any atom is -0.493 e. The van der Waals surface area contributed by atoms with Crippen LogP contribution >= 0.6 is 0 Å². The third-order valence-corrected chi connectivity index (χ3v) is 3.74. The molecule has 0 fully saturated rings. The van der Waals surface area contributed by atoms with Crippen LogP contribution in [0.3, 0.4) is 0 Å². The van der Waals surface area contributed by atoms with Crippen LogP contribution in [0.4, 0.5) is 0 Å². The lowest BCUT2D eigenvalue weighted by Gasteiger charge is -2.16. The Hall–Kier alpha value is -2.40. The van der Waals surface area contributed by atoms with E-state index >= 15 is 0 Å². The van der Waals surface area contributed by atoms with E-state index in [9.17, 15) is 0 Å². The van der Waals surface area contributed by atoms with Crippen molar-refractivity contribution in [3.05, 3.63) is 47.5 Å². The third kappa shape index (κ3) is 3.87. The van der Waals surface area contributed by atoms with Gasteiger partial charge in [0.2, 0.25) is 0 Å². The summed E-state index contributed by atoms with van der Waals surface area (Å²) >= 11 is 0. The topological polar surface area (TPSA) is 62.9 Å². The first-order valence-electron chi connectivity index (χ1n) is 7.31. The van der Waals surface area contributed by atoms with Crippen molar-refractivity contribution in [2.24, 2.45) is 5.73 Å². The summed E-state index contributed by atoms with van der Waals surface area (Å²) < 4.78 is 21.2. The van der Waals surface area contributed by atoms with Gasteiger partial charge < -0.3 is 24.7 Å². The highest BCUT2D eigenvalue weighted by Gasteiger charge is 2.13. The monoisotopic (exact) mass is 317 g/mol. The van der Waals surface area contributed by atoms with Crippen LogP contribution in [0.15, 0.2) is 36.4 Å². The number of ether oxygens (including phenoxy) is 4. The van der Waals surface area contributed by atoms with Gasteiger partial charge in [0.1, 0.15) is 0 Å². The van der Waals surface area contributed by atoms with Crippen LogP contribution in [-0.2, 0) is 6.42 Å². The van der Waals surface area contributed by atoms with Gasteiger partial charge in [-0.05, 0) is 41.8 Å². The zero-order valence-electron chi connectivity index (χ0n) is 14.0. The van der Waals surface area contributed by atoms with Crippen molar-refractivity contribution in [3.8, 4) is 23.0 Å². The summed E-state index contributed by atoms with van der Waals surface area (Å²) in [5.74, 6) is 2.77. The van der Waals surface area contributed by atoms with E-state index in [1.807, 2.05) is 36.4 Å². The second kappa shape index (κ2) is 7.74. The fraction of sp³-hybridized carbons (Fsp3) is 0.333. The van der Waals surface area contributed by atoms with Gasteiger partial charge >= 0.3 is 0 Å². The molecule has 0 radical (unpaired) electrons. The summed E-state index contributed by atoms with van der Waals surface area (Å²) in [4.78, 5) is 0. The van der Waals surface area contributed by atoms with Gasteiger partial charge in [0.25, 0.3) is 0 Å². The highest BCUT2D eigenvalue weighted by molar-refractivity contribution is 5.45. The van der Waals surface area contributed by atoms with Gasteiger partial charge in [-0.3, -0.25) is 0 Å². The molecule has 0 aliphatic rings. The van der Waals surface area contributed by atoms with E-state index in [0.717, 1.165) is 11.1 Å². The number of rotatable bonds is 7. The molecule has 124 valence electrons. The van der Waals surface area contributed by atoms with Gasteiger partial charge in [-0.25, -0.2) is 0 Å². The average molecular weight is 317 g/mol. The van der Waals surface area contributed by atoms with Crippen molar-refractivity contribution in [3.63, 3.8) is 0 Å². The van der Waals surface area contributed by atoms with Crippen LogP contribution in [0.2, 0.25) is 0 Å². The molecule has 2 N–H and O–H groups in total. The first-order chi connectivity index (χ1) is 11.1. The highest BCUT2D eigenvalue weighted by atomic mass is 16.5. The van der Waals surface area contributed by atoms with Crippen LogP contribution in [0.25, 0.3) is 0 Å². The first-order valence-corrected chi connectivity index (χ1v) is 7.31. The minimum absolute atomic E-state index is 0.159. The largest absolute Gasteiger partial charge is 0.493 e. The van der Waals surface area contributed by atoms with Crippen LogP contribution in [0.5, 0.6) is 23.0 Å². The highest BCUT2D eigenvalue weighted by Crippen LogP contribution is 2.32. The average Bonchev–Trinajstić information content (AvgIpc) is 2.60. The molecule has 0 bridgehead atoms. The van der Waals surface area contributed by atoms with Crippen molar-refractivity contribution >= 4 is 0 Å². The van der Waals surface area contributed by atoms with Crippen LogP contribution in [0, 0.1) is 0 Å². The summed E-state index contributed by atoms with van der Waals surface area (Å²) in [6.07, 6.45) is 0.676. The Labute approximate surface area is 136 Å². The van der Waals surface area contributed by atoms with Gasteiger partial charge in [-0.15, -0.1) is 0 Å². The van der Waals surface area contributed by atoms with Crippen molar-refractivity contribution in [1.29, 1.82) is 0 Å². The molecule has 0 saturated heterocycles. The molecule has 0 amide bonds. The van der Waals surface area contributed by atoms with Crippen LogP contribution in [0.1, 0.15) is 17.2 Å². The van der Waals surface area contributed by atoms with E-state index in [-0.39, 0.29) is 6.04 Å². The van der Waals surface area contributed by atoms with Gasteiger partial charge in [-0.2, -0.15) is 0 Å². The molecule has 0 saturated carbocycles. The zero-order valence-corrected chi connectivity index (χ0v) is 14.0. The second-order valence-electron chi connectivity index (χ2n) is 5.11. The standard InChI is InChI=1S/C18H23NO4/c1-20-15-7-5-12(10-17(15)22-3)9-14(19)13-6-8-16(21-2)18(11-13)23-4/h5-8,10-11,14H,9,19H2,1-4H3. The summed E-state index contributed by atoms with van der Waals surface area (Å²) in [5.41, 5.74) is 8.39. The summed E-state index contributed by atoms with van der Waals surface area (Å²) in [5, 5.41) is 0. The number of nitrogens with two attached hydrogens (primary N) is 1. The Kier molecular flexibility index (Phi) is 5.71. The van der Waals surface area contributed by atoms with Crippen LogP contribution < -0.4 is 24.7 Å². The molecule has 1 atom stereocenters. The molecule has 0 aromatic heterocycles. The number of hydrogen-bond donors (Lipinski definition) is 1. The Morgan fingerprint density at radius 3 is 1.83 bits per heavy atom. The predicted octanol–water partition coefficient (Wildman–Crippen LogP) is 2.96. The van der Waals surface area contributed by atoms with Gasteiger partial charge in [0.05, 0.1) is 28.4 Å². The molecule has 0 aliphatic heterocycles. The van der Waals surface area contributed by atoms with Gasteiger partial charge in [0, 0.05) is 6.04 Å². The number of methoxy groups -OCH3 is 4.